The minimum absolute atomic E-state index is 0.0832. The predicted molar refractivity (Wildman–Crippen MR) is 61.3 cm³/mol. The molecular weight excluding hydrogens is 263 g/mol. The molecule has 1 rings (SSSR count). The first-order valence-corrected chi connectivity index (χ1v) is 6.04. The van der Waals surface area contributed by atoms with E-state index >= 15 is 0 Å². The summed E-state index contributed by atoms with van der Waals surface area (Å²) in [5.41, 5.74) is 0. The lowest BCUT2D eigenvalue weighted by atomic mass is 10.2. The molecule has 0 bridgehead atoms. The smallest absolute Gasteiger partial charge is 0.383 e. The maximum atomic E-state index is 12.0. The second-order valence-electron chi connectivity index (χ2n) is 4.06. The van der Waals surface area contributed by atoms with E-state index in [1.54, 1.807) is 7.11 Å². The molecule has 0 aliphatic rings. The first kappa shape index (κ1) is 15.8. The summed E-state index contributed by atoms with van der Waals surface area (Å²) in [6, 6.07) is 0. The molecule has 0 radical (unpaired) electrons. The first-order chi connectivity index (χ1) is 9.03. The van der Waals surface area contributed by atoms with Gasteiger partial charge in [0.2, 0.25) is 0 Å². The van der Waals surface area contributed by atoms with Crippen molar-refractivity contribution in [3.8, 4) is 0 Å². The number of methoxy groups -OCH3 is 1. The van der Waals surface area contributed by atoms with Crippen molar-refractivity contribution in [1.29, 1.82) is 0 Å². The van der Waals surface area contributed by atoms with Gasteiger partial charge in [-0.15, -0.1) is 5.10 Å². The number of tetrazole rings is 1. The lowest BCUT2D eigenvalue weighted by Gasteiger charge is -2.07. The quantitative estimate of drug-likeness (QED) is 0.688. The number of halogens is 3. The van der Waals surface area contributed by atoms with E-state index in [2.05, 4.69) is 20.8 Å². The highest BCUT2D eigenvalue weighted by Crippen LogP contribution is 2.22. The summed E-state index contributed by atoms with van der Waals surface area (Å²) in [4.78, 5) is 0. The fraction of sp³-hybridized carbons (Fsp3) is 0.900. The number of aromatic nitrogens is 4. The van der Waals surface area contributed by atoms with E-state index in [-0.39, 0.29) is 6.42 Å². The topological polar surface area (TPSA) is 64.9 Å². The van der Waals surface area contributed by atoms with Gasteiger partial charge in [-0.2, -0.15) is 13.2 Å². The molecule has 9 heteroatoms. The number of unbranched alkanes of at least 4 members (excludes halogenated alkanes) is 1. The standard InChI is InChI=1S/C10H18F3N5O/c1-19-7-5-14-8-9-15-16-17-18(9)6-3-2-4-10(11,12)13/h14H,2-8H2,1H3. The number of nitrogens with zero attached hydrogens (tertiary/aromatic N) is 4. The predicted octanol–water partition coefficient (Wildman–Crippen LogP) is 1.14. The largest absolute Gasteiger partial charge is 0.389 e. The molecule has 0 spiro atoms. The van der Waals surface area contributed by atoms with Gasteiger partial charge in [0.15, 0.2) is 5.82 Å². The SMILES string of the molecule is COCCNCc1nnnn1CCCCC(F)(F)F. The molecule has 0 aliphatic heterocycles. The lowest BCUT2D eigenvalue weighted by molar-refractivity contribution is -0.135. The third-order valence-corrected chi connectivity index (χ3v) is 2.45. The molecule has 1 aromatic heterocycles. The van der Waals surface area contributed by atoms with Crippen LogP contribution in [0.5, 0.6) is 0 Å². The Labute approximate surface area is 109 Å². The summed E-state index contributed by atoms with van der Waals surface area (Å²) in [7, 11) is 1.60. The zero-order valence-corrected chi connectivity index (χ0v) is 10.8. The van der Waals surface area contributed by atoms with Crippen LogP contribution in [0.3, 0.4) is 0 Å². The Morgan fingerprint density at radius 2 is 2.11 bits per heavy atom. The van der Waals surface area contributed by atoms with Crippen LogP contribution in [0.25, 0.3) is 0 Å². The van der Waals surface area contributed by atoms with Crippen molar-refractivity contribution in [2.75, 3.05) is 20.3 Å². The monoisotopic (exact) mass is 281 g/mol. The summed E-state index contributed by atoms with van der Waals surface area (Å²) in [6.45, 7) is 2.10. The Hall–Kier alpha value is -1.22. The van der Waals surface area contributed by atoms with Gasteiger partial charge in [-0.1, -0.05) is 0 Å². The molecule has 0 aromatic carbocycles. The number of ether oxygens (including phenoxy) is 1. The Kier molecular flexibility index (Phi) is 6.71. The van der Waals surface area contributed by atoms with Crippen LogP contribution in [-0.2, 0) is 17.8 Å². The highest BCUT2D eigenvalue weighted by molar-refractivity contribution is 4.79. The molecule has 110 valence electrons. The fourth-order valence-electron chi connectivity index (χ4n) is 1.48. The van der Waals surface area contributed by atoms with E-state index in [4.69, 9.17) is 4.74 Å². The summed E-state index contributed by atoms with van der Waals surface area (Å²) >= 11 is 0. The van der Waals surface area contributed by atoms with Crippen molar-refractivity contribution in [2.45, 2.75) is 38.5 Å². The van der Waals surface area contributed by atoms with Crippen LogP contribution in [0, 0.1) is 0 Å². The van der Waals surface area contributed by atoms with E-state index in [9.17, 15) is 13.2 Å². The van der Waals surface area contributed by atoms with Gasteiger partial charge in [-0.25, -0.2) is 4.68 Å². The second kappa shape index (κ2) is 8.05. The molecule has 6 nitrogen and oxygen atoms in total. The van der Waals surface area contributed by atoms with Crippen molar-refractivity contribution in [1.82, 2.24) is 25.5 Å². The van der Waals surface area contributed by atoms with Gasteiger partial charge in [0, 0.05) is 26.6 Å². The number of hydrogen-bond donors (Lipinski definition) is 1. The van der Waals surface area contributed by atoms with Gasteiger partial charge in [-0.05, 0) is 23.3 Å². The van der Waals surface area contributed by atoms with Crippen LogP contribution in [0.4, 0.5) is 13.2 Å². The number of alkyl halides is 3. The van der Waals surface area contributed by atoms with Crippen molar-refractivity contribution >= 4 is 0 Å². The van der Waals surface area contributed by atoms with E-state index in [1.807, 2.05) is 0 Å². The molecule has 0 amide bonds. The van der Waals surface area contributed by atoms with E-state index in [0.717, 1.165) is 0 Å². The van der Waals surface area contributed by atoms with Gasteiger partial charge in [0.1, 0.15) is 0 Å². The summed E-state index contributed by atoms with van der Waals surface area (Å²) in [5.74, 6) is 0.614. The molecule has 19 heavy (non-hydrogen) atoms. The Bertz CT molecular complexity index is 355. The maximum Gasteiger partial charge on any atom is 0.389 e. The maximum absolute atomic E-state index is 12.0. The molecule has 0 fully saturated rings. The molecule has 1 aromatic rings. The van der Waals surface area contributed by atoms with Crippen LogP contribution < -0.4 is 5.32 Å². The molecule has 0 saturated heterocycles. The molecule has 0 atom stereocenters. The van der Waals surface area contributed by atoms with Crippen molar-refractivity contribution in [3.05, 3.63) is 5.82 Å². The van der Waals surface area contributed by atoms with E-state index < -0.39 is 12.6 Å². The lowest BCUT2D eigenvalue weighted by Crippen LogP contribution is -2.21. The zero-order valence-electron chi connectivity index (χ0n) is 10.8. The third-order valence-electron chi connectivity index (χ3n) is 2.45. The average Bonchev–Trinajstić information content (AvgIpc) is 2.77. The number of rotatable bonds is 9. The summed E-state index contributed by atoms with van der Waals surface area (Å²) in [5, 5.41) is 14.2. The highest BCUT2D eigenvalue weighted by atomic mass is 19.4. The van der Waals surface area contributed by atoms with Gasteiger partial charge in [0.25, 0.3) is 0 Å². The molecular formula is C10H18F3N5O. The van der Waals surface area contributed by atoms with Crippen molar-refractivity contribution in [2.24, 2.45) is 0 Å². The molecule has 0 unspecified atom stereocenters. The van der Waals surface area contributed by atoms with Crippen molar-refractivity contribution < 1.29 is 17.9 Å². The second-order valence-corrected chi connectivity index (χ2v) is 4.06. The minimum atomic E-state index is -4.09. The Balaban J connectivity index is 2.24. The Morgan fingerprint density at radius 1 is 1.32 bits per heavy atom. The normalized spacial score (nSPS) is 12.0. The van der Waals surface area contributed by atoms with Gasteiger partial charge in [-0.3, -0.25) is 0 Å². The highest BCUT2D eigenvalue weighted by Gasteiger charge is 2.25. The van der Waals surface area contributed by atoms with Crippen LogP contribution in [0.2, 0.25) is 0 Å². The van der Waals surface area contributed by atoms with E-state index in [0.29, 0.717) is 38.5 Å². The minimum Gasteiger partial charge on any atom is -0.383 e. The van der Waals surface area contributed by atoms with Gasteiger partial charge < -0.3 is 10.1 Å². The molecule has 1 heterocycles. The number of aryl methyl sites for hydroxylation is 1. The first-order valence-electron chi connectivity index (χ1n) is 6.04. The summed E-state index contributed by atoms with van der Waals surface area (Å²) in [6.07, 6.45) is -4.38. The molecule has 0 saturated carbocycles. The zero-order chi connectivity index (χ0) is 14.1. The third kappa shape index (κ3) is 7.06. The van der Waals surface area contributed by atoms with Crippen LogP contribution in [0.15, 0.2) is 0 Å². The average molecular weight is 281 g/mol. The van der Waals surface area contributed by atoms with Crippen molar-refractivity contribution in [3.63, 3.8) is 0 Å². The van der Waals surface area contributed by atoms with E-state index in [1.165, 1.54) is 4.68 Å². The fourth-order valence-corrected chi connectivity index (χ4v) is 1.48. The number of hydrogen-bond acceptors (Lipinski definition) is 5. The number of nitrogens with one attached hydrogen (secondary N) is 1. The van der Waals surface area contributed by atoms with Crippen LogP contribution >= 0.6 is 0 Å². The summed E-state index contributed by atoms with van der Waals surface area (Å²) < 4.78 is 42.3. The molecule has 0 aliphatic carbocycles. The van der Waals surface area contributed by atoms with Crippen LogP contribution in [0.1, 0.15) is 25.1 Å². The van der Waals surface area contributed by atoms with Gasteiger partial charge >= 0.3 is 6.18 Å². The molecule has 1 N–H and O–H groups in total. The van der Waals surface area contributed by atoms with Gasteiger partial charge in [0.05, 0.1) is 13.2 Å². The van der Waals surface area contributed by atoms with Crippen LogP contribution in [-0.4, -0.2) is 46.6 Å². The Morgan fingerprint density at radius 3 is 2.79 bits per heavy atom.